The minimum absolute atomic E-state index is 0.650. The van der Waals surface area contributed by atoms with Crippen LogP contribution in [0.4, 0.5) is 23.1 Å². The first-order chi connectivity index (χ1) is 13.7. The van der Waals surface area contributed by atoms with Crippen molar-refractivity contribution in [1.29, 1.82) is 0 Å². The Balaban J connectivity index is 1.43. The van der Waals surface area contributed by atoms with E-state index in [4.69, 9.17) is 4.74 Å². The fraction of sp³-hybridized carbons (Fsp3) is 0.286. The topological polar surface area (TPSA) is 66.4 Å². The van der Waals surface area contributed by atoms with Crippen molar-refractivity contribution in [2.24, 2.45) is 0 Å². The molecule has 7 heteroatoms. The number of piperazine rings is 1. The standard InChI is InChI=1S/C21H24N6O/c1-16-6-5-7-17(14-16)23-20-15-22-25-21(24-20)27-12-10-26(11-13-27)18-8-3-4-9-19(18)28-2/h3-9,14-15H,10-13H2,1-2H3,(H,23,24,25). The zero-order valence-electron chi connectivity index (χ0n) is 16.2. The summed E-state index contributed by atoms with van der Waals surface area (Å²) in [5.74, 6) is 2.25. The maximum Gasteiger partial charge on any atom is 0.247 e. The van der Waals surface area contributed by atoms with Crippen LogP contribution < -0.4 is 19.9 Å². The maximum atomic E-state index is 5.49. The zero-order chi connectivity index (χ0) is 19.3. The minimum Gasteiger partial charge on any atom is -0.495 e. The maximum absolute atomic E-state index is 5.49. The molecule has 1 aliphatic rings. The molecule has 0 atom stereocenters. The molecule has 1 fully saturated rings. The van der Waals surface area contributed by atoms with Crippen LogP contribution in [0.2, 0.25) is 0 Å². The number of nitrogens with one attached hydrogen (secondary N) is 1. The number of rotatable bonds is 5. The molecule has 3 aromatic rings. The van der Waals surface area contributed by atoms with Gasteiger partial charge in [-0.15, -0.1) is 5.10 Å². The molecule has 0 unspecified atom stereocenters. The fourth-order valence-corrected chi connectivity index (χ4v) is 3.40. The Hall–Kier alpha value is -3.35. The SMILES string of the molecule is COc1ccccc1N1CCN(c2nncc(Nc3cccc(C)c3)n2)CC1. The van der Waals surface area contributed by atoms with Crippen molar-refractivity contribution in [3.8, 4) is 5.75 Å². The van der Waals surface area contributed by atoms with Gasteiger partial charge in [-0.3, -0.25) is 0 Å². The minimum atomic E-state index is 0.650. The highest BCUT2D eigenvalue weighted by molar-refractivity contribution is 5.60. The molecule has 0 aliphatic carbocycles. The quantitative estimate of drug-likeness (QED) is 0.733. The number of hydrogen-bond donors (Lipinski definition) is 1. The third-order valence-corrected chi connectivity index (χ3v) is 4.83. The molecule has 1 aromatic heterocycles. The summed E-state index contributed by atoms with van der Waals surface area (Å²) in [5.41, 5.74) is 3.31. The van der Waals surface area contributed by atoms with Crippen LogP contribution in [0.15, 0.2) is 54.7 Å². The molecule has 0 bridgehead atoms. The van der Waals surface area contributed by atoms with Gasteiger partial charge in [-0.1, -0.05) is 24.3 Å². The lowest BCUT2D eigenvalue weighted by atomic mass is 10.2. The predicted octanol–water partition coefficient (Wildman–Crippen LogP) is 3.26. The summed E-state index contributed by atoms with van der Waals surface area (Å²) in [5, 5.41) is 11.7. The van der Waals surface area contributed by atoms with Crippen LogP contribution in [0.3, 0.4) is 0 Å². The smallest absolute Gasteiger partial charge is 0.247 e. The van der Waals surface area contributed by atoms with Gasteiger partial charge in [-0.05, 0) is 36.8 Å². The van der Waals surface area contributed by atoms with Gasteiger partial charge in [0.05, 0.1) is 19.0 Å². The molecule has 0 amide bonds. The van der Waals surface area contributed by atoms with Crippen molar-refractivity contribution in [1.82, 2.24) is 15.2 Å². The summed E-state index contributed by atoms with van der Waals surface area (Å²) in [6.45, 7) is 5.47. The van der Waals surface area contributed by atoms with E-state index in [-0.39, 0.29) is 0 Å². The van der Waals surface area contributed by atoms with Crippen molar-refractivity contribution in [2.75, 3.05) is 48.4 Å². The number of para-hydroxylation sites is 2. The monoisotopic (exact) mass is 376 g/mol. The largest absolute Gasteiger partial charge is 0.495 e. The van der Waals surface area contributed by atoms with E-state index in [1.807, 2.05) is 30.3 Å². The van der Waals surface area contributed by atoms with Crippen LogP contribution in [-0.2, 0) is 0 Å². The van der Waals surface area contributed by atoms with Gasteiger partial charge in [-0.25, -0.2) is 0 Å². The molecule has 1 aliphatic heterocycles. The van der Waals surface area contributed by atoms with Gasteiger partial charge < -0.3 is 19.9 Å². The van der Waals surface area contributed by atoms with Crippen molar-refractivity contribution in [3.63, 3.8) is 0 Å². The first kappa shape index (κ1) is 18.0. The number of nitrogens with zero attached hydrogens (tertiary/aromatic N) is 5. The summed E-state index contributed by atoms with van der Waals surface area (Å²) < 4.78 is 5.49. The van der Waals surface area contributed by atoms with E-state index in [2.05, 4.69) is 55.4 Å². The fourth-order valence-electron chi connectivity index (χ4n) is 3.40. The Kier molecular flexibility index (Phi) is 5.23. The van der Waals surface area contributed by atoms with Crippen LogP contribution in [-0.4, -0.2) is 48.5 Å². The van der Waals surface area contributed by atoms with Crippen LogP contribution in [0.25, 0.3) is 0 Å². The molecule has 4 rings (SSSR count). The van der Waals surface area contributed by atoms with E-state index >= 15 is 0 Å². The van der Waals surface area contributed by atoms with Gasteiger partial charge in [-0.2, -0.15) is 10.1 Å². The zero-order valence-corrected chi connectivity index (χ0v) is 16.2. The molecule has 0 saturated carbocycles. The van der Waals surface area contributed by atoms with E-state index in [0.717, 1.165) is 43.3 Å². The number of aromatic nitrogens is 3. The predicted molar refractivity (Wildman–Crippen MR) is 112 cm³/mol. The second-order valence-electron chi connectivity index (χ2n) is 6.78. The average molecular weight is 376 g/mol. The van der Waals surface area contributed by atoms with E-state index in [0.29, 0.717) is 11.8 Å². The van der Waals surface area contributed by atoms with Gasteiger partial charge in [0.2, 0.25) is 5.95 Å². The van der Waals surface area contributed by atoms with Gasteiger partial charge in [0.1, 0.15) is 5.75 Å². The Morgan fingerprint density at radius 1 is 0.964 bits per heavy atom. The number of ether oxygens (including phenoxy) is 1. The molecule has 7 nitrogen and oxygen atoms in total. The molecule has 1 saturated heterocycles. The highest BCUT2D eigenvalue weighted by atomic mass is 16.5. The Morgan fingerprint density at radius 3 is 2.54 bits per heavy atom. The van der Waals surface area contributed by atoms with E-state index in [9.17, 15) is 0 Å². The van der Waals surface area contributed by atoms with Crippen LogP contribution in [0.1, 0.15) is 5.56 Å². The van der Waals surface area contributed by atoms with Crippen molar-refractivity contribution < 1.29 is 4.74 Å². The first-order valence-corrected chi connectivity index (χ1v) is 9.39. The van der Waals surface area contributed by atoms with Crippen LogP contribution in [0.5, 0.6) is 5.75 Å². The molecule has 0 spiro atoms. The lowest BCUT2D eigenvalue weighted by Crippen LogP contribution is -2.47. The van der Waals surface area contributed by atoms with E-state index in [1.165, 1.54) is 5.56 Å². The molecule has 2 heterocycles. The van der Waals surface area contributed by atoms with Crippen molar-refractivity contribution >= 4 is 23.1 Å². The lowest BCUT2D eigenvalue weighted by molar-refractivity contribution is 0.413. The molecular weight excluding hydrogens is 352 g/mol. The highest BCUT2D eigenvalue weighted by Gasteiger charge is 2.21. The third kappa shape index (κ3) is 3.98. The molecule has 2 aromatic carbocycles. The molecule has 28 heavy (non-hydrogen) atoms. The summed E-state index contributed by atoms with van der Waals surface area (Å²) in [6.07, 6.45) is 1.65. The van der Waals surface area contributed by atoms with Gasteiger partial charge in [0.15, 0.2) is 5.82 Å². The van der Waals surface area contributed by atoms with Gasteiger partial charge >= 0.3 is 0 Å². The summed E-state index contributed by atoms with van der Waals surface area (Å²) >= 11 is 0. The molecule has 0 radical (unpaired) electrons. The van der Waals surface area contributed by atoms with Crippen LogP contribution >= 0.6 is 0 Å². The van der Waals surface area contributed by atoms with Crippen LogP contribution in [0, 0.1) is 6.92 Å². The summed E-state index contributed by atoms with van der Waals surface area (Å²) in [6, 6.07) is 16.3. The lowest BCUT2D eigenvalue weighted by Gasteiger charge is -2.36. The Bertz CT molecular complexity index is 939. The Labute approximate surface area is 165 Å². The average Bonchev–Trinajstić information content (AvgIpc) is 2.74. The van der Waals surface area contributed by atoms with E-state index < -0.39 is 0 Å². The normalized spacial score (nSPS) is 14.1. The highest BCUT2D eigenvalue weighted by Crippen LogP contribution is 2.28. The number of aryl methyl sites for hydroxylation is 1. The molecular formula is C21H24N6O. The van der Waals surface area contributed by atoms with E-state index in [1.54, 1.807) is 13.3 Å². The van der Waals surface area contributed by atoms with Crippen molar-refractivity contribution in [3.05, 3.63) is 60.3 Å². The third-order valence-electron chi connectivity index (χ3n) is 4.83. The van der Waals surface area contributed by atoms with Gasteiger partial charge in [0.25, 0.3) is 0 Å². The first-order valence-electron chi connectivity index (χ1n) is 9.39. The second kappa shape index (κ2) is 8.12. The Morgan fingerprint density at radius 2 is 1.75 bits per heavy atom. The number of methoxy groups -OCH3 is 1. The number of anilines is 4. The summed E-state index contributed by atoms with van der Waals surface area (Å²) in [4.78, 5) is 9.15. The number of hydrogen-bond acceptors (Lipinski definition) is 7. The van der Waals surface area contributed by atoms with Gasteiger partial charge in [0, 0.05) is 31.9 Å². The second-order valence-corrected chi connectivity index (χ2v) is 6.78. The van der Waals surface area contributed by atoms with Crippen molar-refractivity contribution in [2.45, 2.75) is 6.92 Å². The number of benzene rings is 2. The molecule has 1 N–H and O–H groups in total. The summed E-state index contributed by atoms with van der Waals surface area (Å²) in [7, 11) is 1.71. The molecule has 144 valence electrons.